The monoisotopic (exact) mass is 190 g/mol. The van der Waals surface area contributed by atoms with E-state index >= 15 is 0 Å². The van der Waals surface area contributed by atoms with Crippen LogP contribution in [0.15, 0.2) is 42.6 Å². The fraction of sp³-hybridized carbons (Fsp3) is 0.100. The summed E-state index contributed by atoms with van der Waals surface area (Å²) in [5.74, 6) is 0. The first-order valence-electron chi connectivity index (χ1n) is 4.06. The Morgan fingerprint density at radius 1 is 1.15 bits per heavy atom. The first-order chi connectivity index (χ1) is 6.40. The average molecular weight is 190 g/mol. The standard InChI is InChI=1S/C10H10N2S/c1-13-12-8-7-10(11-12)9-5-3-2-4-6-9/h2-8H,1H3. The summed E-state index contributed by atoms with van der Waals surface area (Å²) in [6, 6.07) is 12.2. The van der Waals surface area contributed by atoms with Crippen molar-refractivity contribution in [3.8, 4) is 11.3 Å². The summed E-state index contributed by atoms with van der Waals surface area (Å²) in [6.07, 6.45) is 3.97. The van der Waals surface area contributed by atoms with Crippen molar-refractivity contribution in [3.63, 3.8) is 0 Å². The molecule has 0 unspecified atom stereocenters. The molecule has 0 N–H and O–H groups in total. The SMILES string of the molecule is CSn1ccc(-c2ccccc2)n1. The Balaban J connectivity index is 2.36. The Morgan fingerprint density at radius 2 is 1.92 bits per heavy atom. The van der Waals surface area contributed by atoms with E-state index in [1.807, 2.05) is 40.8 Å². The molecule has 0 aliphatic heterocycles. The van der Waals surface area contributed by atoms with E-state index < -0.39 is 0 Å². The molecular formula is C10H10N2S. The lowest BCUT2D eigenvalue weighted by Gasteiger charge is -1.94. The van der Waals surface area contributed by atoms with Crippen LogP contribution < -0.4 is 0 Å². The van der Waals surface area contributed by atoms with E-state index in [2.05, 4.69) is 17.2 Å². The minimum absolute atomic E-state index is 1.02. The van der Waals surface area contributed by atoms with E-state index in [-0.39, 0.29) is 0 Å². The van der Waals surface area contributed by atoms with E-state index in [9.17, 15) is 0 Å². The van der Waals surface area contributed by atoms with Gasteiger partial charge in [0.15, 0.2) is 0 Å². The molecule has 0 amide bonds. The summed E-state index contributed by atoms with van der Waals surface area (Å²) < 4.78 is 1.85. The van der Waals surface area contributed by atoms with Crippen molar-refractivity contribution in [3.05, 3.63) is 42.6 Å². The van der Waals surface area contributed by atoms with Gasteiger partial charge in [0.2, 0.25) is 0 Å². The third kappa shape index (κ3) is 1.75. The van der Waals surface area contributed by atoms with Crippen molar-refractivity contribution in [2.24, 2.45) is 0 Å². The number of rotatable bonds is 2. The minimum Gasteiger partial charge on any atom is -0.214 e. The molecule has 0 fully saturated rings. The summed E-state index contributed by atoms with van der Waals surface area (Å²) >= 11 is 1.59. The zero-order valence-electron chi connectivity index (χ0n) is 7.34. The minimum atomic E-state index is 1.02. The Bertz CT molecular complexity index is 381. The summed E-state index contributed by atoms with van der Waals surface area (Å²) in [6.45, 7) is 0. The van der Waals surface area contributed by atoms with Gasteiger partial charge in [-0.15, -0.1) is 0 Å². The highest BCUT2D eigenvalue weighted by Gasteiger charge is 1.99. The van der Waals surface area contributed by atoms with E-state index in [1.54, 1.807) is 11.9 Å². The second-order valence-electron chi connectivity index (χ2n) is 2.65. The third-order valence-corrected chi connectivity index (χ3v) is 2.40. The van der Waals surface area contributed by atoms with Crippen molar-refractivity contribution in [2.75, 3.05) is 6.26 Å². The molecule has 0 radical (unpaired) electrons. The fourth-order valence-corrected chi connectivity index (χ4v) is 1.52. The molecule has 1 aromatic carbocycles. The van der Waals surface area contributed by atoms with Crippen LogP contribution in [-0.2, 0) is 0 Å². The van der Waals surface area contributed by atoms with Gasteiger partial charge >= 0.3 is 0 Å². The Kier molecular flexibility index (Phi) is 2.36. The molecule has 0 atom stereocenters. The van der Waals surface area contributed by atoms with Gasteiger partial charge in [-0.2, -0.15) is 5.10 Å². The highest BCUT2D eigenvalue weighted by molar-refractivity contribution is 7.97. The first kappa shape index (κ1) is 8.38. The van der Waals surface area contributed by atoms with Gasteiger partial charge in [-0.05, 0) is 18.0 Å². The zero-order chi connectivity index (χ0) is 9.10. The number of nitrogens with zero attached hydrogens (tertiary/aromatic N) is 2. The van der Waals surface area contributed by atoms with Crippen molar-refractivity contribution in [1.82, 2.24) is 9.19 Å². The lowest BCUT2D eigenvalue weighted by atomic mass is 10.2. The molecule has 0 spiro atoms. The van der Waals surface area contributed by atoms with Gasteiger partial charge < -0.3 is 0 Å². The number of hydrogen-bond acceptors (Lipinski definition) is 2. The quantitative estimate of drug-likeness (QED) is 0.724. The molecule has 1 heterocycles. The van der Waals surface area contributed by atoms with Gasteiger partial charge in [0, 0.05) is 18.0 Å². The fourth-order valence-electron chi connectivity index (χ4n) is 1.17. The largest absolute Gasteiger partial charge is 0.214 e. The Hall–Kier alpha value is -1.22. The zero-order valence-corrected chi connectivity index (χ0v) is 8.16. The van der Waals surface area contributed by atoms with Crippen LogP contribution in [0.1, 0.15) is 0 Å². The lowest BCUT2D eigenvalue weighted by Crippen LogP contribution is -1.85. The van der Waals surface area contributed by atoms with Gasteiger partial charge in [0.1, 0.15) is 0 Å². The van der Waals surface area contributed by atoms with Gasteiger partial charge in [-0.1, -0.05) is 30.3 Å². The van der Waals surface area contributed by atoms with Crippen molar-refractivity contribution in [2.45, 2.75) is 0 Å². The summed E-state index contributed by atoms with van der Waals surface area (Å²) in [5, 5.41) is 4.38. The van der Waals surface area contributed by atoms with Crippen LogP contribution in [0.2, 0.25) is 0 Å². The topological polar surface area (TPSA) is 17.8 Å². The maximum Gasteiger partial charge on any atom is 0.0933 e. The maximum absolute atomic E-state index is 4.38. The highest BCUT2D eigenvalue weighted by Crippen LogP contribution is 2.16. The van der Waals surface area contributed by atoms with E-state index in [0.717, 1.165) is 11.3 Å². The Morgan fingerprint density at radius 3 is 2.54 bits per heavy atom. The lowest BCUT2D eigenvalue weighted by molar-refractivity contribution is 1.02. The molecule has 0 saturated heterocycles. The second kappa shape index (κ2) is 3.66. The van der Waals surface area contributed by atoms with Crippen LogP contribution in [0, 0.1) is 0 Å². The van der Waals surface area contributed by atoms with Crippen molar-refractivity contribution in [1.29, 1.82) is 0 Å². The van der Waals surface area contributed by atoms with Crippen LogP contribution in [0.3, 0.4) is 0 Å². The second-order valence-corrected chi connectivity index (χ2v) is 3.39. The van der Waals surface area contributed by atoms with Crippen LogP contribution in [0.5, 0.6) is 0 Å². The summed E-state index contributed by atoms with van der Waals surface area (Å²) in [5.41, 5.74) is 2.19. The van der Waals surface area contributed by atoms with Gasteiger partial charge in [0.25, 0.3) is 0 Å². The van der Waals surface area contributed by atoms with Crippen LogP contribution >= 0.6 is 11.9 Å². The molecule has 0 aliphatic rings. The van der Waals surface area contributed by atoms with Gasteiger partial charge in [-0.3, -0.25) is 0 Å². The predicted molar refractivity (Wildman–Crippen MR) is 56.6 cm³/mol. The maximum atomic E-state index is 4.38. The molecule has 2 nitrogen and oxygen atoms in total. The van der Waals surface area contributed by atoms with E-state index in [4.69, 9.17) is 0 Å². The van der Waals surface area contributed by atoms with Gasteiger partial charge in [0.05, 0.1) is 5.69 Å². The Labute approximate surface area is 81.7 Å². The van der Waals surface area contributed by atoms with Crippen LogP contribution in [0.4, 0.5) is 0 Å². The van der Waals surface area contributed by atoms with Crippen molar-refractivity contribution >= 4 is 11.9 Å². The number of aromatic nitrogens is 2. The van der Waals surface area contributed by atoms with E-state index in [1.165, 1.54) is 0 Å². The molecule has 0 aliphatic carbocycles. The smallest absolute Gasteiger partial charge is 0.0933 e. The van der Waals surface area contributed by atoms with Gasteiger partial charge in [-0.25, -0.2) is 4.09 Å². The number of hydrogen-bond donors (Lipinski definition) is 0. The van der Waals surface area contributed by atoms with Crippen LogP contribution in [0.25, 0.3) is 11.3 Å². The van der Waals surface area contributed by atoms with E-state index in [0.29, 0.717) is 0 Å². The molecule has 1 aromatic heterocycles. The predicted octanol–water partition coefficient (Wildman–Crippen LogP) is 2.68. The van der Waals surface area contributed by atoms with Crippen molar-refractivity contribution < 1.29 is 0 Å². The molecule has 3 heteroatoms. The molecular weight excluding hydrogens is 180 g/mol. The normalized spacial score (nSPS) is 10.2. The highest BCUT2D eigenvalue weighted by atomic mass is 32.2. The third-order valence-electron chi connectivity index (χ3n) is 1.82. The van der Waals surface area contributed by atoms with Crippen LogP contribution in [-0.4, -0.2) is 15.4 Å². The molecule has 13 heavy (non-hydrogen) atoms. The number of benzene rings is 1. The molecule has 2 aromatic rings. The summed E-state index contributed by atoms with van der Waals surface area (Å²) in [4.78, 5) is 0. The average Bonchev–Trinajstić information content (AvgIpc) is 2.67. The molecule has 66 valence electrons. The molecule has 0 saturated carbocycles. The molecule has 2 rings (SSSR count). The first-order valence-corrected chi connectivity index (χ1v) is 5.24. The molecule has 0 bridgehead atoms. The summed E-state index contributed by atoms with van der Waals surface area (Å²) in [7, 11) is 0.